The Morgan fingerprint density at radius 3 is 2.62 bits per heavy atom. The van der Waals surface area contributed by atoms with E-state index in [0.29, 0.717) is 5.56 Å². The number of fused-ring (bicyclic) bond motifs is 3. The Hall–Kier alpha value is -3.60. The van der Waals surface area contributed by atoms with Gasteiger partial charge in [-0.2, -0.15) is 5.26 Å². The molecule has 6 rings (SSSR count). The highest BCUT2D eigenvalue weighted by Gasteiger charge is 2.48. The summed E-state index contributed by atoms with van der Waals surface area (Å²) in [6.07, 6.45) is 9.39. The maximum Gasteiger partial charge on any atom is 0.410 e. The summed E-state index contributed by atoms with van der Waals surface area (Å²) >= 11 is 0. The molecule has 2 saturated heterocycles. The molecule has 1 aromatic carbocycles. The molecular weight excluding hydrogens is 428 g/mol. The first-order valence-corrected chi connectivity index (χ1v) is 12.0. The van der Waals surface area contributed by atoms with Gasteiger partial charge in [0.1, 0.15) is 23.4 Å². The Morgan fingerprint density at radius 1 is 1.18 bits per heavy atom. The third kappa shape index (κ3) is 3.56. The largest absolute Gasteiger partial charge is 0.443 e. The van der Waals surface area contributed by atoms with Crippen molar-refractivity contribution in [3.8, 4) is 6.07 Å². The molecule has 3 fully saturated rings. The lowest BCUT2D eigenvalue weighted by Gasteiger charge is -2.39. The molecule has 1 aliphatic carbocycles. The topological polar surface area (TPSA) is 96.1 Å². The minimum Gasteiger partial charge on any atom is -0.443 e. The van der Waals surface area contributed by atoms with Crippen LogP contribution in [0.5, 0.6) is 0 Å². The number of rotatable bonds is 4. The Labute approximate surface area is 198 Å². The molecule has 0 spiro atoms. The summed E-state index contributed by atoms with van der Waals surface area (Å²) in [6.45, 7) is 4.00. The van der Waals surface area contributed by atoms with Gasteiger partial charge in [-0.05, 0) is 82.2 Å². The van der Waals surface area contributed by atoms with Crippen molar-refractivity contribution in [3.05, 3.63) is 47.9 Å². The van der Waals surface area contributed by atoms with Gasteiger partial charge in [-0.25, -0.2) is 14.8 Å². The first-order chi connectivity index (χ1) is 16.4. The number of nitriles is 1. The third-order valence-electron chi connectivity index (χ3n) is 7.72. The number of nitrogens with zero attached hydrogens (tertiary/aromatic N) is 5. The van der Waals surface area contributed by atoms with E-state index in [-0.39, 0.29) is 29.8 Å². The summed E-state index contributed by atoms with van der Waals surface area (Å²) in [5.74, 6) is 0.748. The second kappa shape index (κ2) is 7.73. The number of hydrogen-bond acceptors (Lipinski definition) is 6. The van der Waals surface area contributed by atoms with Crippen LogP contribution >= 0.6 is 0 Å². The van der Waals surface area contributed by atoms with Crippen molar-refractivity contribution in [2.24, 2.45) is 0 Å². The van der Waals surface area contributed by atoms with Crippen LogP contribution in [0.3, 0.4) is 0 Å². The molecule has 1 amide bonds. The van der Waals surface area contributed by atoms with E-state index in [1.807, 2.05) is 30.9 Å². The van der Waals surface area contributed by atoms with E-state index in [0.717, 1.165) is 66.6 Å². The maximum absolute atomic E-state index is 12.9. The lowest BCUT2D eigenvalue weighted by Crippen LogP contribution is -2.48. The summed E-state index contributed by atoms with van der Waals surface area (Å²) in [6, 6.07) is 10.5. The highest BCUT2D eigenvalue weighted by atomic mass is 16.6. The van der Waals surface area contributed by atoms with E-state index >= 15 is 0 Å². The predicted molar refractivity (Wildman–Crippen MR) is 128 cm³/mol. The van der Waals surface area contributed by atoms with Gasteiger partial charge < -0.3 is 19.5 Å². The maximum atomic E-state index is 12.9. The highest BCUT2D eigenvalue weighted by Crippen LogP contribution is 2.45. The molecule has 1 N–H and O–H groups in total. The van der Waals surface area contributed by atoms with E-state index in [2.05, 4.69) is 38.2 Å². The fourth-order valence-corrected chi connectivity index (χ4v) is 5.58. The van der Waals surface area contributed by atoms with Crippen molar-refractivity contribution < 1.29 is 9.53 Å². The van der Waals surface area contributed by atoms with Gasteiger partial charge in [0.2, 0.25) is 0 Å². The molecule has 4 heterocycles. The third-order valence-corrected chi connectivity index (χ3v) is 7.72. The molecule has 2 atom stereocenters. The molecule has 2 aliphatic heterocycles. The van der Waals surface area contributed by atoms with Crippen LogP contribution in [0.25, 0.3) is 11.0 Å². The monoisotopic (exact) mass is 456 g/mol. The molecule has 0 radical (unpaired) electrons. The molecule has 8 heteroatoms. The van der Waals surface area contributed by atoms with Crippen LogP contribution in [0.15, 0.2) is 36.8 Å². The molecule has 174 valence electrons. The van der Waals surface area contributed by atoms with Crippen LogP contribution in [0, 0.1) is 18.3 Å². The van der Waals surface area contributed by atoms with Crippen molar-refractivity contribution in [3.63, 3.8) is 0 Å². The molecule has 1 saturated carbocycles. The predicted octanol–water partition coefficient (Wildman–Crippen LogP) is 5.21. The second-order valence-electron chi connectivity index (χ2n) is 10.2. The van der Waals surface area contributed by atoms with E-state index in [1.165, 1.54) is 0 Å². The van der Waals surface area contributed by atoms with Crippen molar-refractivity contribution in [2.75, 3.05) is 5.32 Å². The number of aryl methyl sites for hydroxylation is 1. The minimum atomic E-state index is -0.238. The van der Waals surface area contributed by atoms with Gasteiger partial charge in [-0.3, -0.25) is 0 Å². The average Bonchev–Trinajstić information content (AvgIpc) is 3.27. The molecule has 3 aromatic rings. The number of carbonyl (C=O) groups excluding carboxylic acids is 1. The summed E-state index contributed by atoms with van der Waals surface area (Å²) in [4.78, 5) is 24.0. The van der Waals surface area contributed by atoms with E-state index in [9.17, 15) is 4.79 Å². The normalized spacial score (nSPS) is 24.6. The molecular formula is C26H28N6O2. The first kappa shape index (κ1) is 21.0. The summed E-state index contributed by atoms with van der Waals surface area (Å²) < 4.78 is 8.05. The standard InChI is InChI=1S/C26H28N6O2/c1-16-11-17(14-27)3-6-22(16)30-23-21-7-10-31(24(21)29-15-28-23)20-12-18-4-5-19(13-20)32(18)25(33)34-26(2)8-9-26/h3,6-7,10-11,15,18-20H,4-5,8-9,12-13H2,1-2H3,(H,28,29,30)/t18-,19-/m0/s1. The van der Waals surface area contributed by atoms with Crippen LogP contribution in [-0.4, -0.2) is 43.2 Å². The lowest BCUT2D eigenvalue weighted by molar-refractivity contribution is 0.0285. The summed E-state index contributed by atoms with van der Waals surface area (Å²) in [7, 11) is 0. The van der Waals surface area contributed by atoms with Crippen LogP contribution in [0.2, 0.25) is 0 Å². The lowest BCUT2D eigenvalue weighted by atomic mass is 9.97. The van der Waals surface area contributed by atoms with Crippen molar-refractivity contribution >= 4 is 28.6 Å². The smallest absolute Gasteiger partial charge is 0.410 e. The van der Waals surface area contributed by atoms with Gasteiger partial charge in [0.25, 0.3) is 0 Å². The molecule has 34 heavy (non-hydrogen) atoms. The van der Waals surface area contributed by atoms with Crippen LogP contribution in [0.1, 0.15) is 62.6 Å². The molecule has 0 unspecified atom stereocenters. The number of aromatic nitrogens is 3. The van der Waals surface area contributed by atoms with Gasteiger partial charge >= 0.3 is 6.09 Å². The number of hydrogen-bond donors (Lipinski definition) is 1. The molecule has 2 bridgehead atoms. The fraction of sp³-hybridized carbons (Fsp3) is 0.462. The number of nitrogens with one attached hydrogen (secondary N) is 1. The number of anilines is 2. The number of amides is 1. The van der Waals surface area contributed by atoms with Gasteiger partial charge in [0.15, 0.2) is 0 Å². The Balaban J connectivity index is 1.24. The number of benzene rings is 1. The summed E-state index contributed by atoms with van der Waals surface area (Å²) in [5, 5.41) is 13.5. The Morgan fingerprint density at radius 2 is 1.94 bits per heavy atom. The van der Waals surface area contributed by atoms with Crippen molar-refractivity contribution in [1.29, 1.82) is 5.26 Å². The molecule has 3 aliphatic rings. The zero-order valence-electron chi connectivity index (χ0n) is 19.5. The Bertz CT molecular complexity index is 1310. The van der Waals surface area contributed by atoms with Crippen LogP contribution in [-0.2, 0) is 4.74 Å². The van der Waals surface area contributed by atoms with Gasteiger partial charge in [0, 0.05) is 30.0 Å². The van der Waals surface area contributed by atoms with Gasteiger partial charge in [-0.1, -0.05) is 0 Å². The van der Waals surface area contributed by atoms with Crippen LogP contribution < -0.4 is 5.32 Å². The SMILES string of the molecule is Cc1cc(C#N)ccc1Nc1ncnc2c1ccn2C1C[C@@H]2CC[C@@H](C1)N2C(=O)OC1(C)CC1. The van der Waals surface area contributed by atoms with Gasteiger partial charge in [-0.15, -0.1) is 0 Å². The van der Waals surface area contributed by atoms with E-state index in [4.69, 9.17) is 10.00 Å². The number of ether oxygens (including phenoxy) is 1. The molecule has 8 nitrogen and oxygen atoms in total. The zero-order valence-corrected chi connectivity index (χ0v) is 19.5. The van der Waals surface area contributed by atoms with Crippen molar-refractivity contribution in [1.82, 2.24) is 19.4 Å². The zero-order chi connectivity index (χ0) is 23.4. The highest BCUT2D eigenvalue weighted by molar-refractivity contribution is 5.89. The average molecular weight is 457 g/mol. The number of carbonyl (C=O) groups is 1. The fourth-order valence-electron chi connectivity index (χ4n) is 5.58. The second-order valence-corrected chi connectivity index (χ2v) is 10.2. The van der Waals surface area contributed by atoms with E-state index < -0.39 is 0 Å². The van der Waals surface area contributed by atoms with Gasteiger partial charge in [0.05, 0.1) is 17.0 Å². The first-order valence-electron chi connectivity index (χ1n) is 12.0. The summed E-state index contributed by atoms with van der Waals surface area (Å²) in [5.41, 5.74) is 3.20. The number of piperidine rings is 1. The molecule has 2 aromatic heterocycles. The Kier molecular flexibility index (Phi) is 4.76. The van der Waals surface area contributed by atoms with Crippen molar-refractivity contribution in [2.45, 2.75) is 76.1 Å². The quantitative estimate of drug-likeness (QED) is 0.579. The van der Waals surface area contributed by atoms with Crippen LogP contribution in [0.4, 0.5) is 16.3 Å². The minimum absolute atomic E-state index is 0.130. The van der Waals surface area contributed by atoms with E-state index in [1.54, 1.807) is 12.4 Å².